The summed E-state index contributed by atoms with van der Waals surface area (Å²) in [5.41, 5.74) is 7.63. The minimum absolute atomic E-state index is 0.338. The van der Waals surface area contributed by atoms with Gasteiger partial charge in [-0.25, -0.2) is 10.5 Å². The lowest BCUT2D eigenvalue weighted by Gasteiger charge is -2.25. The summed E-state index contributed by atoms with van der Waals surface area (Å²) in [4.78, 5) is 14.1. The minimum atomic E-state index is 0.338. The molecule has 1 aliphatic carbocycles. The van der Waals surface area contributed by atoms with Gasteiger partial charge >= 0.3 is 0 Å². The van der Waals surface area contributed by atoms with Crippen LogP contribution in [-0.4, -0.2) is 9.97 Å². The zero-order chi connectivity index (χ0) is 17.6. The van der Waals surface area contributed by atoms with Gasteiger partial charge in [0.05, 0.1) is 17.4 Å². The predicted octanol–water partition coefficient (Wildman–Crippen LogP) is 4.05. The number of hydrogen-bond acceptors (Lipinski definition) is 5. The number of rotatable bonds is 6. The summed E-state index contributed by atoms with van der Waals surface area (Å²) in [7, 11) is 0. The standard InChI is InChI=1S/C21H22N4O/c1-2-13-22-20(8-1)26-25-18-11-9-16(10-12-18)15-24-19-7-3-5-17-6-4-14-23-21(17)19/h1-2,4,6,8-14,19,24-25H,3,5,7,15H2. The van der Waals surface area contributed by atoms with Gasteiger partial charge in [-0.1, -0.05) is 24.3 Å². The Hall–Kier alpha value is -2.92. The summed E-state index contributed by atoms with van der Waals surface area (Å²) in [5.74, 6) is 0.543. The van der Waals surface area contributed by atoms with Crippen LogP contribution in [0.2, 0.25) is 0 Å². The highest BCUT2D eigenvalue weighted by molar-refractivity contribution is 5.43. The molecular formula is C21H22N4O. The number of benzene rings is 1. The lowest BCUT2D eigenvalue weighted by molar-refractivity contribution is 0.389. The Labute approximate surface area is 153 Å². The van der Waals surface area contributed by atoms with Gasteiger partial charge in [0.2, 0.25) is 5.88 Å². The van der Waals surface area contributed by atoms with E-state index in [1.807, 2.05) is 36.5 Å². The summed E-state index contributed by atoms with van der Waals surface area (Å²) in [6, 6.07) is 18.3. The van der Waals surface area contributed by atoms with Crippen LogP contribution in [0.15, 0.2) is 67.0 Å². The van der Waals surface area contributed by atoms with Crippen molar-refractivity contribution in [3.05, 3.63) is 83.8 Å². The third-order valence-electron chi connectivity index (χ3n) is 4.61. The Balaban J connectivity index is 1.32. The molecule has 0 saturated carbocycles. The first-order valence-electron chi connectivity index (χ1n) is 8.98. The Bertz CT molecular complexity index is 836. The maximum Gasteiger partial charge on any atom is 0.245 e. The smallest absolute Gasteiger partial charge is 0.245 e. The van der Waals surface area contributed by atoms with Crippen LogP contribution in [-0.2, 0) is 13.0 Å². The fourth-order valence-corrected chi connectivity index (χ4v) is 3.26. The number of nitrogens with one attached hydrogen (secondary N) is 2. The highest BCUT2D eigenvalue weighted by atomic mass is 16.7. The number of fused-ring (bicyclic) bond motifs is 1. The normalized spacial score (nSPS) is 15.9. The van der Waals surface area contributed by atoms with Crippen molar-refractivity contribution in [3.63, 3.8) is 0 Å². The van der Waals surface area contributed by atoms with E-state index in [1.54, 1.807) is 12.3 Å². The first kappa shape index (κ1) is 16.5. The maximum atomic E-state index is 5.44. The molecule has 0 bridgehead atoms. The quantitative estimate of drug-likeness (QED) is 0.660. The van der Waals surface area contributed by atoms with Crippen molar-refractivity contribution >= 4 is 5.69 Å². The van der Waals surface area contributed by atoms with E-state index < -0.39 is 0 Å². The summed E-state index contributed by atoms with van der Waals surface area (Å²) in [6.07, 6.45) is 7.08. The van der Waals surface area contributed by atoms with E-state index in [0.29, 0.717) is 11.9 Å². The van der Waals surface area contributed by atoms with Crippen molar-refractivity contribution in [2.45, 2.75) is 31.8 Å². The van der Waals surface area contributed by atoms with Crippen molar-refractivity contribution < 1.29 is 4.84 Å². The molecule has 0 aliphatic heterocycles. The Morgan fingerprint density at radius 2 is 1.85 bits per heavy atom. The fraction of sp³-hybridized carbons (Fsp3) is 0.238. The van der Waals surface area contributed by atoms with Crippen molar-refractivity contribution in [3.8, 4) is 5.88 Å². The second-order valence-electron chi connectivity index (χ2n) is 6.44. The first-order valence-corrected chi connectivity index (χ1v) is 8.98. The van der Waals surface area contributed by atoms with Gasteiger partial charge in [-0.3, -0.25) is 4.98 Å². The molecular weight excluding hydrogens is 324 g/mol. The average molecular weight is 346 g/mol. The topological polar surface area (TPSA) is 59.1 Å². The van der Waals surface area contributed by atoms with E-state index in [1.165, 1.54) is 23.2 Å². The number of hydrogen-bond donors (Lipinski definition) is 2. The third-order valence-corrected chi connectivity index (χ3v) is 4.61. The summed E-state index contributed by atoms with van der Waals surface area (Å²) < 4.78 is 0. The van der Waals surface area contributed by atoms with Crippen molar-refractivity contribution in [2.75, 3.05) is 5.48 Å². The second-order valence-corrected chi connectivity index (χ2v) is 6.44. The lowest BCUT2D eigenvalue weighted by atomic mass is 9.92. The molecule has 1 aromatic carbocycles. The molecule has 26 heavy (non-hydrogen) atoms. The largest absolute Gasteiger partial charge is 0.362 e. The maximum absolute atomic E-state index is 5.44. The molecule has 0 spiro atoms. The summed E-state index contributed by atoms with van der Waals surface area (Å²) >= 11 is 0. The first-order chi connectivity index (χ1) is 12.9. The van der Waals surface area contributed by atoms with Crippen LogP contribution in [0.25, 0.3) is 0 Å². The van der Waals surface area contributed by atoms with Crippen LogP contribution in [0, 0.1) is 0 Å². The molecule has 3 aromatic rings. The van der Waals surface area contributed by atoms with Gasteiger partial charge in [-0.05, 0) is 54.7 Å². The van der Waals surface area contributed by atoms with Gasteiger partial charge in [-0.15, -0.1) is 0 Å². The highest BCUT2D eigenvalue weighted by Gasteiger charge is 2.20. The number of anilines is 1. The molecule has 4 rings (SSSR count). The second kappa shape index (κ2) is 7.97. The van der Waals surface area contributed by atoms with E-state index in [0.717, 1.165) is 25.1 Å². The molecule has 0 fully saturated rings. The predicted molar refractivity (Wildman–Crippen MR) is 102 cm³/mol. The zero-order valence-electron chi connectivity index (χ0n) is 14.6. The SMILES string of the molecule is c1ccc(ONc2ccc(CNC3CCCc4cccnc43)cc2)nc1. The van der Waals surface area contributed by atoms with Crippen molar-refractivity contribution in [1.82, 2.24) is 15.3 Å². The van der Waals surface area contributed by atoms with Gasteiger partial charge in [0.1, 0.15) is 0 Å². The Morgan fingerprint density at radius 1 is 0.962 bits per heavy atom. The monoisotopic (exact) mass is 346 g/mol. The molecule has 1 atom stereocenters. The van der Waals surface area contributed by atoms with Crippen LogP contribution >= 0.6 is 0 Å². The van der Waals surface area contributed by atoms with Crippen LogP contribution < -0.4 is 15.6 Å². The third kappa shape index (κ3) is 4.00. The highest BCUT2D eigenvalue weighted by Crippen LogP contribution is 2.27. The summed E-state index contributed by atoms with van der Waals surface area (Å²) in [5, 5.41) is 3.65. The zero-order valence-corrected chi connectivity index (χ0v) is 14.6. The lowest BCUT2D eigenvalue weighted by Crippen LogP contribution is -2.25. The molecule has 2 aromatic heterocycles. The van der Waals surface area contributed by atoms with Crippen LogP contribution in [0.5, 0.6) is 5.88 Å². The molecule has 0 saturated heterocycles. The van der Waals surface area contributed by atoms with Gasteiger partial charge in [0.15, 0.2) is 0 Å². The summed E-state index contributed by atoms with van der Waals surface area (Å²) in [6.45, 7) is 0.821. The van der Waals surface area contributed by atoms with Gasteiger partial charge in [-0.2, -0.15) is 0 Å². The van der Waals surface area contributed by atoms with Gasteiger partial charge in [0, 0.05) is 25.0 Å². The Morgan fingerprint density at radius 3 is 2.69 bits per heavy atom. The fourth-order valence-electron chi connectivity index (χ4n) is 3.26. The van der Waals surface area contributed by atoms with Crippen LogP contribution in [0.1, 0.15) is 35.7 Å². The Kier molecular flexibility index (Phi) is 5.07. The van der Waals surface area contributed by atoms with Crippen LogP contribution in [0.3, 0.4) is 0 Å². The number of aromatic nitrogens is 2. The molecule has 0 amide bonds. The van der Waals surface area contributed by atoms with Gasteiger partial charge < -0.3 is 10.2 Å². The van der Waals surface area contributed by atoms with Crippen LogP contribution in [0.4, 0.5) is 5.69 Å². The molecule has 0 radical (unpaired) electrons. The van der Waals surface area contributed by atoms with E-state index in [4.69, 9.17) is 4.84 Å². The number of aryl methyl sites for hydroxylation is 1. The van der Waals surface area contributed by atoms with Crippen molar-refractivity contribution in [1.29, 1.82) is 0 Å². The van der Waals surface area contributed by atoms with Crippen molar-refractivity contribution in [2.24, 2.45) is 0 Å². The molecule has 5 heteroatoms. The van der Waals surface area contributed by atoms with E-state index in [9.17, 15) is 0 Å². The molecule has 5 nitrogen and oxygen atoms in total. The van der Waals surface area contributed by atoms with Gasteiger partial charge in [0.25, 0.3) is 0 Å². The molecule has 2 N–H and O–H groups in total. The van der Waals surface area contributed by atoms with E-state index in [2.05, 4.69) is 39.0 Å². The minimum Gasteiger partial charge on any atom is -0.362 e. The number of pyridine rings is 2. The average Bonchev–Trinajstić information content (AvgIpc) is 2.72. The molecule has 132 valence electrons. The van der Waals surface area contributed by atoms with E-state index >= 15 is 0 Å². The molecule has 2 heterocycles. The molecule has 1 unspecified atom stereocenters. The number of nitrogens with zero attached hydrogens (tertiary/aromatic N) is 2. The molecule has 1 aliphatic rings. The van der Waals surface area contributed by atoms with E-state index in [-0.39, 0.29) is 0 Å².